The van der Waals surface area contributed by atoms with Crippen LogP contribution in [0.5, 0.6) is 5.75 Å². The molecule has 1 heterocycles. The number of benzene rings is 1. The molecule has 2 rings (SSSR count). The average Bonchev–Trinajstić information content (AvgIpc) is 2.41. The summed E-state index contributed by atoms with van der Waals surface area (Å²) in [6.45, 7) is 0.532. The summed E-state index contributed by atoms with van der Waals surface area (Å²) in [4.78, 5) is 17.6. The van der Waals surface area contributed by atoms with E-state index in [9.17, 15) is 4.79 Å². The van der Waals surface area contributed by atoms with E-state index in [0.29, 0.717) is 12.4 Å². The fraction of sp³-hybridized carbons (Fsp3) is 0.167. The van der Waals surface area contributed by atoms with Crippen molar-refractivity contribution >= 4 is 11.5 Å². The van der Waals surface area contributed by atoms with Crippen LogP contribution in [0.1, 0.15) is 5.56 Å². The fourth-order valence-electron chi connectivity index (χ4n) is 1.48. The highest BCUT2D eigenvalue weighted by molar-refractivity contribution is 5.59. The van der Waals surface area contributed by atoms with E-state index in [-0.39, 0.29) is 11.2 Å². The van der Waals surface area contributed by atoms with E-state index in [1.54, 1.807) is 7.11 Å². The largest absolute Gasteiger partial charge is 0.497 e. The zero-order chi connectivity index (χ0) is 13.0. The SMILES string of the molecule is COc1ccc(CNc2nc[nH]c(=O)c2N)cc1. The summed E-state index contributed by atoms with van der Waals surface area (Å²) in [7, 11) is 1.62. The third kappa shape index (κ3) is 2.60. The van der Waals surface area contributed by atoms with Crippen molar-refractivity contribution in [2.75, 3.05) is 18.2 Å². The molecular weight excluding hydrogens is 232 g/mol. The molecule has 0 spiro atoms. The first kappa shape index (κ1) is 12.0. The Morgan fingerprint density at radius 2 is 2.11 bits per heavy atom. The van der Waals surface area contributed by atoms with Gasteiger partial charge >= 0.3 is 0 Å². The molecule has 0 atom stereocenters. The molecule has 4 N–H and O–H groups in total. The Hall–Kier alpha value is -2.50. The van der Waals surface area contributed by atoms with Crippen LogP contribution in [0.15, 0.2) is 35.4 Å². The van der Waals surface area contributed by atoms with Gasteiger partial charge in [0.2, 0.25) is 0 Å². The van der Waals surface area contributed by atoms with E-state index in [4.69, 9.17) is 10.5 Å². The Morgan fingerprint density at radius 1 is 1.39 bits per heavy atom. The van der Waals surface area contributed by atoms with Crippen molar-refractivity contribution in [3.63, 3.8) is 0 Å². The molecule has 0 aliphatic heterocycles. The van der Waals surface area contributed by atoms with E-state index in [2.05, 4.69) is 15.3 Å². The Kier molecular flexibility index (Phi) is 3.47. The van der Waals surface area contributed by atoms with E-state index < -0.39 is 0 Å². The zero-order valence-electron chi connectivity index (χ0n) is 9.93. The molecule has 94 valence electrons. The molecule has 0 unspecified atom stereocenters. The Balaban J connectivity index is 2.06. The quantitative estimate of drug-likeness (QED) is 0.747. The van der Waals surface area contributed by atoms with E-state index in [1.807, 2.05) is 24.3 Å². The minimum atomic E-state index is -0.345. The van der Waals surface area contributed by atoms with Crippen LogP contribution in [0, 0.1) is 0 Å². The van der Waals surface area contributed by atoms with Crippen LogP contribution in [0.25, 0.3) is 0 Å². The molecule has 1 aromatic heterocycles. The second-order valence-electron chi connectivity index (χ2n) is 3.70. The maximum Gasteiger partial charge on any atom is 0.276 e. The minimum Gasteiger partial charge on any atom is -0.497 e. The molecular formula is C12H14N4O2. The van der Waals surface area contributed by atoms with Gasteiger partial charge in [-0.15, -0.1) is 0 Å². The molecule has 18 heavy (non-hydrogen) atoms. The summed E-state index contributed by atoms with van der Waals surface area (Å²) in [5.74, 6) is 1.18. The highest BCUT2D eigenvalue weighted by atomic mass is 16.5. The van der Waals surface area contributed by atoms with Gasteiger partial charge in [-0.3, -0.25) is 4.79 Å². The molecule has 0 radical (unpaired) electrons. The third-order valence-electron chi connectivity index (χ3n) is 2.51. The van der Waals surface area contributed by atoms with Gasteiger partial charge in [0.15, 0.2) is 5.82 Å². The molecule has 0 saturated carbocycles. The minimum absolute atomic E-state index is 0.0889. The number of nitrogens with two attached hydrogens (primary N) is 1. The Bertz CT molecular complexity index is 577. The van der Waals surface area contributed by atoms with E-state index in [0.717, 1.165) is 11.3 Å². The van der Waals surface area contributed by atoms with Crippen LogP contribution in [0.4, 0.5) is 11.5 Å². The second kappa shape index (κ2) is 5.22. The predicted octanol–water partition coefficient (Wildman–Crippen LogP) is 0.973. The number of hydrogen-bond acceptors (Lipinski definition) is 5. The lowest BCUT2D eigenvalue weighted by atomic mass is 10.2. The number of rotatable bonds is 4. The average molecular weight is 246 g/mol. The normalized spacial score (nSPS) is 10.1. The molecule has 2 aromatic rings. The van der Waals surface area contributed by atoms with Gasteiger partial charge in [0.1, 0.15) is 11.4 Å². The summed E-state index contributed by atoms with van der Waals surface area (Å²) in [6.07, 6.45) is 1.31. The van der Waals surface area contributed by atoms with Crippen LogP contribution in [0.3, 0.4) is 0 Å². The molecule has 6 heteroatoms. The maximum absolute atomic E-state index is 11.3. The summed E-state index contributed by atoms with van der Waals surface area (Å²) in [6, 6.07) is 7.58. The van der Waals surface area contributed by atoms with Crippen LogP contribution >= 0.6 is 0 Å². The first-order valence-electron chi connectivity index (χ1n) is 5.40. The summed E-state index contributed by atoms with van der Waals surface area (Å²) in [5, 5.41) is 3.01. The molecule has 0 amide bonds. The molecule has 0 aliphatic rings. The van der Waals surface area contributed by atoms with Gasteiger partial charge < -0.3 is 20.8 Å². The number of H-pyrrole nitrogens is 1. The predicted molar refractivity (Wildman–Crippen MR) is 69.6 cm³/mol. The van der Waals surface area contributed by atoms with E-state index in [1.165, 1.54) is 6.33 Å². The van der Waals surface area contributed by atoms with Crippen LogP contribution in [-0.4, -0.2) is 17.1 Å². The lowest BCUT2D eigenvalue weighted by Crippen LogP contribution is -2.16. The standard InChI is InChI=1S/C12H14N4O2/c1-18-9-4-2-8(3-5-9)6-14-11-10(13)12(17)16-7-15-11/h2-5,7H,6,13H2,1H3,(H2,14,15,16,17). The van der Waals surface area contributed by atoms with Gasteiger partial charge in [0, 0.05) is 6.54 Å². The second-order valence-corrected chi connectivity index (χ2v) is 3.70. The van der Waals surface area contributed by atoms with Crippen molar-refractivity contribution in [3.05, 3.63) is 46.5 Å². The number of nitrogens with one attached hydrogen (secondary N) is 2. The molecule has 0 saturated heterocycles. The van der Waals surface area contributed by atoms with Gasteiger partial charge in [-0.25, -0.2) is 4.98 Å². The van der Waals surface area contributed by atoms with Gasteiger partial charge in [-0.2, -0.15) is 0 Å². The molecule has 0 bridgehead atoms. The summed E-state index contributed by atoms with van der Waals surface area (Å²) in [5.41, 5.74) is 6.39. The lowest BCUT2D eigenvalue weighted by Gasteiger charge is -2.07. The molecule has 0 aliphatic carbocycles. The maximum atomic E-state index is 11.3. The number of anilines is 2. The lowest BCUT2D eigenvalue weighted by molar-refractivity contribution is 0.414. The van der Waals surface area contributed by atoms with Crippen molar-refractivity contribution in [1.29, 1.82) is 0 Å². The topological polar surface area (TPSA) is 93.0 Å². The van der Waals surface area contributed by atoms with Crippen molar-refractivity contribution in [1.82, 2.24) is 9.97 Å². The number of hydrogen-bond donors (Lipinski definition) is 3. The number of aromatic nitrogens is 2. The van der Waals surface area contributed by atoms with Crippen molar-refractivity contribution in [2.45, 2.75) is 6.54 Å². The van der Waals surface area contributed by atoms with Crippen LogP contribution in [0.2, 0.25) is 0 Å². The number of aromatic amines is 1. The number of nitrogen functional groups attached to an aromatic ring is 1. The molecule has 1 aromatic carbocycles. The third-order valence-corrected chi connectivity index (χ3v) is 2.51. The Labute approximate surface area is 104 Å². The van der Waals surface area contributed by atoms with Crippen molar-refractivity contribution < 1.29 is 4.74 Å². The van der Waals surface area contributed by atoms with Gasteiger partial charge in [0.05, 0.1) is 13.4 Å². The van der Waals surface area contributed by atoms with Crippen LogP contribution < -0.4 is 21.3 Å². The van der Waals surface area contributed by atoms with Gasteiger partial charge in [-0.05, 0) is 17.7 Å². The zero-order valence-corrected chi connectivity index (χ0v) is 9.93. The smallest absolute Gasteiger partial charge is 0.276 e. The highest BCUT2D eigenvalue weighted by Gasteiger charge is 2.03. The number of methoxy groups -OCH3 is 1. The monoisotopic (exact) mass is 246 g/mol. The van der Waals surface area contributed by atoms with Crippen molar-refractivity contribution in [2.24, 2.45) is 0 Å². The first-order valence-corrected chi connectivity index (χ1v) is 5.40. The molecule has 6 nitrogen and oxygen atoms in total. The highest BCUT2D eigenvalue weighted by Crippen LogP contribution is 2.13. The number of nitrogens with zero attached hydrogens (tertiary/aromatic N) is 1. The fourth-order valence-corrected chi connectivity index (χ4v) is 1.48. The Morgan fingerprint density at radius 3 is 2.78 bits per heavy atom. The van der Waals surface area contributed by atoms with Gasteiger partial charge in [0.25, 0.3) is 5.56 Å². The number of ether oxygens (including phenoxy) is 1. The van der Waals surface area contributed by atoms with Crippen LogP contribution in [-0.2, 0) is 6.54 Å². The summed E-state index contributed by atoms with van der Waals surface area (Å²) < 4.78 is 5.07. The van der Waals surface area contributed by atoms with Gasteiger partial charge in [-0.1, -0.05) is 12.1 Å². The molecule has 0 fully saturated rings. The summed E-state index contributed by atoms with van der Waals surface area (Å²) >= 11 is 0. The van der Waals surface area contributed by atoms with Crippen molar-refractivity contribution in [3.8, 4) is 5.75 Å². The first-order chi connectivity index (χ1) is 8.70. The van der Waals surface area contributed by atoms with E-state index >= 15 is 0 Å².